The van der Waals surface area contributed by atoms with E-state index in [1.54, 1.807) is 42.5 Å². The molecule has 0 aromatic heterocycles. The van der Waals surface area contributed by atoms with Crippen LogP contribution in [0, 0.1) is 5.82 Å². The third kappa shape index (κ3) is 6.31. The number of unbranched alkanes of at least 4 members (excludes halogenated alkanes) is 2. The number of rotatable bonds is 9. The SMILES string of the molecule is CCCCCOc1ccccc1C(=O)Nc1cccc(C(=O)Nc2ccc(F)c(Cl)c2)c1. The van der Waals surface area contributed by atoms with Crippen molar-refractivity contribution in [2.24, 2.45) is 0 Å². The van der Waals surface area contributed by atoms with Crippen molar-refractivity contribution in [3.8, 4) is 5.75 Å². The summed E-state index contributed by atoms with van der Waals surface area (Å²) in [4.78, 5) is 25.4. The van der Waals surface area contributed by atoms with Gasteiger partial charge in [0.2, 0.25) is 0 Å². The van der Waals surface area contributed by atoms with Gasteiger partial charge < -0.3 is 15.4 Å². The fourth-order valence-corrected chi connectivity index (χ4v) is 3.21. The van der Waals surface area contributed by atoms with Crippen LogP contribution in [0.15, 0.2) is 66.7 Å². The maximum Gasteiger partial charge on any atom is 0.259 e. The Labute approximate surface area is 191 Å². The van der Waals surface area contributed by atoms with Gasteiger partial charge in [-0.05, 0) is 55.0 Å². The van der Waals surface area contributed by atoms with E-state index >= 15 is 0 Å². The second-order valence-electron chi connectivity index (χ2n) is 7.17. The molecule has 32 heavy (non-hydrogen) atoms. The van der Waals surface area contributed by atoms with Gasteiger partial charge in [-0.15, -0.1) is 0 Å². The molecule has 0 unspecified atom stereocenters. The summed E-state index contributed by atoms with van der Waals surface area (Å²) in [7, 11) is 0. The van der Waals surface area contributed by atoms with E-state index < -0.39 is 11.7 Å². The fraction of sp³-hybridized carbons (Fsp3) is 0.200. The number of ether oxygens (including phenoxy) is 1. The highest BCUT2D eigenvalue weighted by atomic mass is 35.5. The van der Waals surface area contributed by atoms with Crippen molar-refractivity contribution in [1.82, 2.24) is 0 Å². The van der Waals surface area contributed by atoms with E-state index in [1.807, 2.05) is 6.07 Å². The van der Waals surface area contributed by atoms with Crippen molar-refractivity contribution in [3.05, 3.63) is 88.7 Å². The Kier molecular flexibility index (Phi) is 8.22. The number of hydrogen-bond donors (Lipinski definition) is 2. The minimum atomic E-state index is -0.566. The molecule has 0 aliphatic carbocycles. The lowest BCUT2D eigenvalue weighted by Crippen LogP contribution is -2.15. The number of para-hydroxylation sites is 1. The summed E-state index contributed by atoms with van der Waals surface area (Å²) in [5, 5.41) is 5.38. The summed E-state index contributed by atoms with van der Waals surface area (Å²) in [6.45, 7) is 2.66. The summed E-state index contributed by atoms with van der Waals surface area (Å²) >= 11 is 5.76. The first kappa shape index (κ1) is 23.3. The zero-order chi connectivity index (χ0) is 22.9. The standard InChI is InChI=1S/C25H24ClFN2O3/c1-2-3-6-14-32-23-11-5-4-10-20(23)25(31)29-18-9-7-8-17(15-18)24(30)28-19-12-13-22(27)21(26)16-19/h4-5,7-13,15-16H,2-3,6,14H2,1H3,(H,28,30)(H,29,31). The van der Waals surface area contributed by atoms with E-state index in [4.69, 9.17) is 16.3 Å². The monoisotopic (exact) mass is 454 g/mol. The van der Waals surface area contributed by atoms with E-state index in [0.717, 1.165) is 19.3 Å². The number of amides is 2. The molecule has 166 valence electrons. The van der Waals surface area contributed by atoms with Crippen molar-refractivity contribution < 1.29 is 18.7 Å². The molecular weight excluding hydrogens is 431 g/mol. The molecule has 5 nitrogen and oxygen atoms in total. The molecule has 0 atom stereocenters. The Balaban J connectivity index is 1.68. The molecule has 0 aliphatic rings. The first-order chi connectivity index (χ1) is 15.5. The van der Waals surface area contributed by atoms with Gasteiger partial charge in [-0.3, -0.25) is 9.59 Å². The molecule has 0 saturated carbocycles. The molecule has 0 fully saturated rings. The molecule has 2 N–H and O–H groups in total. The Morgan fingerprint density at radius 2 is 1.66 bits per heavy atom. The van der Waals surface area contributed by atoms with Crippen LogP contribution < -0.4 is 15.4 Å². The van der Waals surface area contributed by atoms with Crippen LogP contribution in [0.5, 0.6) is 5.75 Å². The number of benzene rings is 3. The number of hydrogen-bond acceptors (Lipinski definition) is 3. The van der Waals surface area contributed by atoms with Gasteiger partial charge >= 0.3 is 0 Å². The van der Waals surface area contributed by atoms with E-state index in [0.29, 0.717) is 34.9 Å². The van der Waals surface area contributed by atoms with Crippen LogP contribution in [0.1, 0.15) is 46.9 Å². The van der Waals surface area contributed by atoms with Crippen LogP contribution in [0.25, 0.3) is 0 Å². The number of halogens is 2. The first-order valence-corrected chi connectivity index (χ1v) is 10.8. The Morgan fingerprint density at radius 1 is 0.906 bits per heavy atom. The van der Waals surface area contributed by atoms with Crippen molar-refractivity contribution in [2.45, 2.75) is 26.2 Å². The van der Waals surface area contributed by atoms with Crippen LogP contribution in [0.4, 0.5) is 15.8 Å². The van der Waals surface area contributed by atoms with E-state index in [2.05, 4.69) is 17.6 Å². The lowest BCUT2D eigenvalue weighted by atomic mass is 10.1. The summed E-state index contributed by atoms with van der Waals surface area (Å²) in [6, 6.07) is 17.5. The fourth-order valence-electron chi connectivity index (χ4n) is 3.03. The predicted molar refractivity (Wildman–Crippen MR) is 125 cm³/mol. The van der Waals surface area contributed by atoms with E-state index in [9.17, 15) is 14.0 Å². The average Bonchev–Trinajstić information content (AvgIpc) is 2.79. The summed E-state index contributed by atoms with van der Waals surface area (Å²) < 4.78 is 19.1. The van der Waals surface area contributed by atoms with Crippen LogP contribution in [-0.2, 0) is 0 Å². The molecule has 0 heterocycles. The maximum absolute atomic E-state index is 13.3. The Bertz CT molecular complexity index is 1100. The van der Waals surface area contributed by atoms with Gasteiger partial charge in [0.25, 0.3) is 11.8 Å². The zero-order valence-corrected chi connectivity index (χ0v) is 18.4. The third-order valence-electron chi connectivity index (χ3n) is 4.70. The quantitative estimate of drug-likeness (QED) is 0.360. The molecule has 0 aliphatic heterocycles. The van der Waals surface area contributed by atoms with Crippen molar-refractivity contribution in [1.29, 1.82) is 0 Å². The molecule has 0 saturated heterocycles. The average molecular weight is 455 g/mol. The summed E-state index contributed by atoms with van der Waals surface area (Å²) in [5.74, 6) is -0.797. The number of carbonyl (C=O) groups excluding carboxylic acids is 2. The minimum Gasteiger partial charge on any atom is -0.493 e. The van der Waals surface area contributed by atoms with E-state index in [-0.39, 0.29) is 10.9 Å². The predicted octanol–water partition coefficient (Wildman–Crippen LogP) is 6.55. The Morgan fingerprint density at radius 3 is 2.44 bits per heavy atom. The molecule has 7 heteroatoms. The highest BCUT2D eigenvalue weighted by Crippen LogP contribution is 2.22. The van der Waals surface area contributed by atoms with Gasteiger partial charge in [0.1, 0.15) is 11.6 Å². The third-order valence-corrected chi connectivity index (χ3v) is 4.99. The number of anilines is 2. The van der Waals surface area contributed by atoms with Crippen LogP contribution in [-0.4, -0.2) is 18.4 Å². The molecule has 3 rings (SSSR count). The first-order valence-electron chi connectivity index (χ1n) is 10.4. The van der Waals surface area contributed by atoms with Crippen molar-refractivity contribution >= 4 is 34.8 Å². The smallest absolute Gasteiger partial charge is 0.259 e. The molecule has 3 aromatic carbocycles. The highest BCUT2D eigenvalue weighted by molar-refractivity contribution is 6.31. The van der Waals surface area contributed by atoms with Gasteiger partial charge in [0.15, 0.2) is 0 Å². The van der Waals surface area contributed by atoms with Crippen LogP contribution in [0.3, 0.4) is 0 Å². The lowest BCUT2D eigenvalue weighted by Gasteiger charge is -2.12. The zero-order valence-electron chi connectivity index (χ0n) is 17.7. The molecule has 2 amide bonds. The van der Waals surface area contributed by atoms with Crippen LogP contribution >= 0.6 is 11.6 Å². The topological polar surface area (TPSA) is 67.4 Å². The van der Waals surface area contributed by atoms with Gasteiger partial charge in [-0.25, -0.2) is 4.39 Å². The van der Waals surface area contributed by atoms with Gasteiger partial charge in [0, 0.05) is 16.9 Å². The molecule has 3 aromatic rings. The normalized spacial score (nSPS) is 10.5. The lowest BCUT2D eigenvalue weighted by molar-refractivity contribution is 0.101. The Hall–Kier alpha value is -3.38. The molecule has 0 radical (unpaired) electrons. The summed E-state index contributed by atoms with van der Waals surface area (Å²) in [5.41, 5.74) is 1.57. The second kappa shape index (κ2) is 11.3. The van der Waals surface area contributed by atoms with Gasteiger partial charge in [0.05, 0.1) is 17.2 Å². The minimum absolute atomic E-state index is 0.0839. The number of carbonyl (C=O) groups is 2. The van der Waals surface area contributed by atoms with Crippen LogP contribution in [0.2, 0.25) is 5.02 Å². The van der Waals surface area contributed by atoms with E-state index in [1.165, 1.54) is 18.2 Å². The molecular formula is C25H24ClFN2O3. The highest BCUT2D eigenvalue weighted by Gasteiger charge is 2.14. The second-order valence-corrected chi connectivity index (χ2v) is 7.58. The molecule has 0 bridgehead atoms. The van der Waals surface area contributed by atoms with Gasteiger partial charge in [-0.1, -0.05) is 49.6 Å². The maximum atomic E-state index is 13.3. The van der Waals surface area contributed by atoms with Gasteiger partial charge in [-0.2, -0.15) is 0 Å². The van der Waals surface area contributed by atoms with Crippen molar-refractivity contribution in [2.75, 3.05) is 17.2 Å². The number of nitrogens with one attached hydrogen (secondary N) is 2. The largest absolute Gasteiger partial charge is 0.493 e. The van der Waals surface area contributed by atoms with Crippen molar-refractivity contribution in [3.63, 3.8) is 0 Å². The molecule has 0 spiro atoms. The summed E-state index contributed by atoms with van der Waals surface area (Å²) in [6.07, 6.45) is 3.07.